The number of primary amides is 1. The third-order valence-corrected chi connectivity index (χ3v) is 6.06. The van der Waals surface area contributed by atoms with Gasteiger partial charge in [-0.25, -0.2) is 0 Å². The van der Waals surface area contributed by atoms with Gasteiger partial charge in [0.25, 0.3) is 5.91 Å². The van der Waals surface area contributed by atoms with Crippen molar-refractivity contribution in [1.29, 1.82) is 0 Å². The maximum Gasteiger partial charge on any atom is 0.252 e. The van der Waals surface area contributed by atoms with Crippen LogP contribution in [0.2, 0.25) is 5.02 Å². The van der Waals surface area contributed by atoms with Crippen molar-refractivity contribution in [3.05, 3.63) is 22.2 Å². The molecular formula is C21H29ClN4O2. The number of hydrogen-bond donors (Lipinski definition) is 2. The van der Waals surface area contributed by atoms with E-state index in [4.69, 9.17) is 27.8 Å². The third kappa shape index (κ3) is 3.93. The largest absolute Gasteiger partial charge is 0.477 e. The molecule has 2 aliphatic heterocycles. The summed E-state index contributed by atoms with van der Waals surface area (Å²) in [4.78, 5) is 16.9. The lowest BCUT2D eigenvalue weighted by Crippen LogP contribution is -2.54. The van der Waals surface area contributed by atoms with Gasteiger partial charge in [0.15, 0.2) is 6.10 Å². The fourth-order valence-corrected chi connectivity index (χ4v) is 5.10. The van der Waals surface area contributed by atoms with Gasteiger partial charge in [0, 0.05) is 37.7 Å². The lowest BCUT2D eigenvalue weighted by Gasteiger charge is -2.50. The zero-order chi connectivity index (χ0) is 20.6. The number of piperidine rings is 2. The number of likely N-dealkylation sites (tertiary alicyclic amines) is 2. The Morgan fingerprint density at radius 3 is 2.25 bits per heavy atom. The predicted octanol–water partition coefficient (Wildman–Crippen LogP) is 2.02. The molecule has 0 aliphatic carbocycles. The predicted molar refractivity (Wildman–Crippen MR) is 113 cm³/mol. The van der Waals surface area contributed by atoms with Gasteiger partial charge in [-0.2, -0.15) is 0 Å². The molecule has 2 heterocycles. The van der Waals surface area contributed by atoms with Crippen molar-refractivity contribution >= 4 is 23.2 Å². The first kappa shape index (κ1) is 20.8. The number of nitrogens with two attached hydrogens (primary N) is 2. The first-order valence-electron chi connectivity index (χ1n) is 9.60. The molecule has 4 N–H and O–H groups in total. The van der Waals surface area contributed by atoms with Crippen LogP contribution in [-0.4, -0.2) is 62.1 Å². The second-order valence-electron chi connectivity index (χ2n) is 8.07. The van der Waals surface area contributed by atoms with Crippen LogP contribution in [0.4, 0.5) is 5.69 Å². The van der Waals surface area contributed by atoms with E-state index in [-0.39, 0.29) is 11.5 Å². The topological polar surface area (TPSA) is 84.8 Å². The van der Waals surface area contributed by atoms with E-state index < -0.39 is 12.0 Å². The first-order chi connectivity index (χ1) is 13.2. The Labute approximate surface area is 172 Å². The average molecular weight is 405 g/mol. The minimum absolute atomic E-state index is 0.154. The zero-order valence-electron chi connectivity index (χ0n) is 17.0. The smallest absolute Gasteiger partial charge is 0.252 e. The van der Waals surface area contributed by atoms with Crippen LogP contribution < -0.4 is 16.2 Å². The van der Waals surface area contributed by atoms with Crippen LogP contribution in [-0.2, 0) is 0 Å². The second kappa shape index (κ2) is 8.20. The molecular weight excluding hydrogens is 376 g/mol. The number of nitrogen functional groups attached to an aromatic ring is 1. The summed E-state index contributed by atoms with van der Waals surface area (Å²) >= 11 is 6.43. The Balaban J connectivity index is 2.17. The Bertz CT molecular complexity index is 802. The van der Waals surface area contributed by atoms with Gasteiger partial charge >= 0.3 is 0 Å². The van der Waals surface area contributed by atoms with Gasteiger partial charge in [0.2, 0.25) is 0 Å². The van der Waals surface area contributed by atoms with E-state index in [9.17, 15) is 4.79 Å². The molecule has 152 valence electrons. The fourth-order valence-electron chi connectivity index (χ4n) is 4.89. The highest BCUT2D eigenvalue weighted by molar-refractivity contribution is 6.33. The van der Waals surface area contributed by atoms with Crippen molar-refractivity contribution in [2.45, 2.75) is 25.9 Å². The number of fused-ring (bicyclic) bond motifs is 2. The van der Waals surface area contributed by atoms with E-state index in [1.54, 1.807) is 6.92 Å². The summed E-state index contributed by atoms with van der Waals surface area (Å²) in [5.41, 5.74) is 13.7. The van der Waals surface area contributed by atoms with Crippen LogP contribution in [0.5, 0.6) is 5.75 Å². The van der Waals surface area contributed by atoms with Crippen LogP contribution in [0.25, 0.3) is 0 Å². The number of rotatable bonds is 4. The lowest BCUT2D eigenvalue weighted by atomic mass is 9.69. The van der Waals surface area contributed by atoms with Crippen molar-refractivity contribution < 1.29 is 9.53 Å². The van der Waals surface area contributed by atoms with Gasteiger partial charge < -0.3 is 26.0 Å². The number of ether oxygens (including phenoxy) is 1. The van der Waals surface area contributed by atoms with E-state index >= 15 is 0 Å². The maximum absolute atomic E-state index is 12.2. The summed E-state index contributed by atoms with van der Waals surface area (Å²) in [6.07, 6.45) is -0.392. The highest BCUT2D eigenvalue weighted by atomic mass is 35.5. The molecule has 1 atom stereocenters. The van der Waals surface area contributed by atoms with E-state index in [1.807, 2.05) is 6.92 Å². The Kier molecular flexibility index (Phi) is 6.09. The van der Waals surface area contributed by atoms with Crippen LogP contribution in [0.3, 0.4) is 0 Å². The number of amides is 1. The molecule has 1 amide bonds. The Hall–Kier alpha value is -1.94. The molecule has 2 bridgehead atoms. The molecule has 0 saturated carbocycles. The number of benzene rings is 1. The first-order valence-corrected chi connectivity index (χ1v) is 9.98. The van der Waals surface area contributed by atoms with Crippen LogP contribution >= 0.6 is 11.6 Å². The number of carbonyl (C=O) groups is 1. The van der Waals surface area contributed by atoms with E-state index in [0.717, 1.165) is 31.7 Å². The van der Waals surface area contributed by atoms with Gasteiger partial charge in [-0.3, -0.25) is 4.79 Å². The van der Waals surface area contributed by atoms with E-state index in [0.29, 0.717) is 28.3 Å². The zero-order valence-corrected chi connectivity index (χ0v) is 17.7. The van der Waals surface area contributed by atoms with Crippen LogP contribution in [0.1, 0.15) is 35.7 Å². The lowest BCUT2D eigenvalue weighted by molar-refractivity contribution is 0.0320. The molecule has 0 aromatic heterocycles. The Morgan fingerprint density at radius 1 is 1.25 bits per heavy atom. The monoisotopic (exact) mass is 404 g/mol. The average Bonchev–Trinajstić information content (AvgIpc) is 2.58. The summed E-state index contributed by atoms with van der Waals surface area (Å²) in [5.74, 6) is 6.56. The SMILES string of the molecule is CC#CC(C)Oc1c(C(N)=O)cc(Cl)c(N)c1C1C2CN(C)CC1CN(C)C2. The third-order valence-electron chi connectivity index (χ3n) is 5.75. The molecule has 1 aromatic rings. The molecule has 7 heteroatoms. The van der Waals surface area contributed by atoms with Crippen molar-refractivity contribution in [2.24, 2.45) is 17.6 Å². The van der Waals surface area contributed by atoms with Crippen molar-refractivity contribution in [3.63, 3.8) is 0 Å². The number of carbonyl (C=O) groups excluding carboxylic acids is 1. The minimum Gasteiger partial charge on any atom is -0.477 e. The molecule has 3 rings (SSSR count). The highest BCUT2D eigenvalue weighted by Gasteiger charge is 2.44. The number of halogens is 1. The quantitative estimate of drug-likeness (QED) is 0.592. The van der Waals surface area contributed by atoms with Crippen molar-refractivity contribution in [1.82, 2.24) is 9.80 Å². The fraction of sp³-hybridized carbons (Fsp3) is 0.571. The molecule has 2 aliphatic rings. The number of anilines is 1. The van der Waals surface area contributed by atoms with Gasteiger partial charge in [-0.15, -0.1) is 5.92 Å². The molecule has 0 radical (unpaired) electrons. The standard InChI is InChI=1S/C21H29ClN4O2/c1-5-6-12(2)28-20-15(21(24)27)7-16(22)19(23)18(20)17-13-8-25(3)9-14(17)11-26(4)10-13/h7,12-14,17H,8-11,23H2,1-4H3,(H2,24,27). The van der Waals surface area contributed by atoms with Crippen LogP contribution in [0.15, 0.2) is 6.07 Å². The summed E-state index contributed by atoms with van der Waals surface area (Å²) in [5, 5.41) is 0.343. The summed E-state index contributed by atoms with van der Waals surface area (Å²) < 4.78 is 6.15. The summed E-state index contributed by atoms with van der Waals surface area (Å²) in [6.45, 7) is 7.41. The highest BCUT2D eigenvalue weighted by Crippen LogP contribution is 2.49. The summed E-state index contributed by atoms with van der Waals surface area (Å²) in [6, 6.07) is 1.51. The van der Waals surface area contributed by atoms with Crippen molar-refractivity contribution in [2.75, 3.05) is 46.0 Å². The number of hydrogen-bond acceptors (Lipinski definition) is 5. The normalized spacial score (nSPS) is 26.2. The molecule has 6 nitrogen and oxygen atoms in total. The number of nitrogens with zero attached hydrogens (tertiary/aromatic N) is 2. The Morgan fingerprint density at radius 2 is 1.79 bits per heavy atom. The molecule has 1 aromatic carbocycles. The van der Waals surface area contributed by atoms with Gasteiger partial charge in [0.1, 0.15) is 5.75 Å². The van der Waals surface area contributed by atoms with Crippen LogP contribution in [0, 0.1) is 23.7 Å². The van der Waals surface area contributed by atoms with Crippen molar-refractivity contribution in [3.8, 4) is 17.6 Å². The molecule has 2 saturated heterocycles. The molecule has 28 heavy (non-hydrogen) atoms. The second-order valence-corrected chi connectivity index (χ2v) is 8.48. The molecule has 2 fully saturated rings. The minimum atomic E-state index is -0.579. The maximum atomic E-state index is 12.2. The van der Waals surface area contributed by atoms with Gasteiger partial charge in [-0.1, -0.05) is 17.5 Å². The molecule has 1 unspecified atom stereocenters. The van der Waals surface area contributed by atoms with E-state index in [1.165, 1.54) is 6.07 Å². The molecule has 0 spiro atoms. The summed E-state index contributed by atoms with van der Waals surface area (Å²) in [7, 11) is 4.29. The van der Waals surface area contributed by atoms with Gasteiger partial charge in [-0.05, 0) is 45.8 Å². The van der Waals surface area contributed by atoms with Gasteiger partial charge in [0.05, 0.1) is 16.3 Å². The van der Waals surface area contributed by atoms with E-state index in [2.05, 4.69) is 35.7 Å².